The van der Waals surface area contributed by atoms with Crippen LogP contribution in [0, 0.1) is 5.82 Å². The lowest BCUT2D eigenvalue weighted by atomic mass is 10.0. The Kier molecular flexibility index (Phi) is 6.24. The number of hydrogen-bond acceptors (Lipinski definition) is 6. The van der Waals surface area contributed by atoms with E-state index < -0.39 is 20.5 Å². The van der Waals surface area contributed by atoms with Crippen LogP contribution in [0.1, 0.15) is 36.2 Å². The van der Waals surface area contributed by atoms with Gasteiger partial charge in [0.2, 0.25) is 15.6 Å². The molecule has 2 aromatic carbocycles. The molecule has 0 N–H and O–H groups in total. The Morgan fingerprint density at radius 1 is 1.12 bits per heavy atom. The zero-order chi connectivity index (χ0) is 23.6. The minimum atomic E-state index is -4.07. The van der Waals surface area contributed by atoms with Crippen LogP contribution in [0.15, 0.2) is 77.0 Å². The van der Waals surface area contributed by atoms with Crippen molar-refractivity contribution in [2.45, 2.75) is 42.6 Å². The summed E-state index contributed by atoms with van der Waals surface area (Å²) in [5, 5.41) is 0. The molecule has 33 heavy (non-hydrogen) atoms. The first-order valence-electron chi connectivity index (χ1n) is 10.4. The van der Waals surface area contributed by atoms with Gasteiger partial charge in [-0.05, 0) is 50.1 Å². The summed E-state index contributed by atoms with van der Waals surface area (Å²) in [7, 11) is -4.07. The van der Waals surface area contributed by atoms with E-state index in [0.717, 1.165) is 5.56 Å². The molecule has 0 aliphatic rings. The summed E-state index contributed by atoms with van der Waals surface area (Å²) < 4.78 is 47.8. The van der Waals surface area contributed by atoms with Crippen LogP contribution < -0.4 is 4.74 Å². The molecule has 0 unspecified atom stereocenters. The van der Waals surface area contributed by atoms with E-state index in [0.29, 0.717) is 17.8 Å². The predicted octanol–water partition coefficient (Wildman–Crippen LogP) is 4.30. The molecule has 0 bridgehead atoms. The van der Waals surface area contributed by atoms with Crippen LogP contribution in [-0.4, -0.2) is 34.7 Å². The summed E-state index contributed by atoms with van der Waals surface area (Å²) in [5.74, 6) is -0.589. The minimum absolute atomic E-state index is 0.0343. The third kappa shape index (κ3) is 4.78. The van der Waals surface area contributed by atoms with Gasteiger partial charge in [-0.15, -0.1) is 0 Å². The molecule has 0 fully saturated rings. The van der Waals surface area contributed by atoms with Crippen LogP contribution in [0.2, 0.25) is 0 Å². The van der Waals surface area contributed by atoms with Crippen molar-refractivity contribution in [1.29, 1.82) is 0 Å². The lowest BCUT2D eigenvalue weighted by Gasteiger charge is -2.13. The summed E-state index contributed by atoms with van der Waals surface area (Å²) in [6.45, 7) is 3.47. The number of fused-ring (bicyclic) bond motifs is 1. The molecule has 0 atom stereocenters. The molecule has 9 heteroatoms. The maximum Gasteiger partial charge on any atom is 0.233 e. The number of ketones is 1. The highest BCUT2D eigenvalue weighted by Crippen LogP contribution is 2.29. The molecule has 4 aromatic rings. The van der Waals surface area contributed by atoms with Gasteiger partial charge in [0.25, 0.3) is 0 Å². The first-order chi connectivity index (χ1) is 15.8. The van der Waals surface area contributed by atoms with Gasteiger partial charge >= 0.3 is 0 Å². The summed E-state index contributed by atoms with van der Waals surface area (Å²) in [5.41, 5.74) is 1.26. The highest BCUT2D eigenvalue weighted by atomic mass is 32.2. The third-order valence-corrected chi connectivity index (χ3v) is 6.81. The number of nitrogens with zero attached hydrogens (tertiary/aromatic N) is 3. The van der Waals surface area contributed by atoms with E-state index >= 15 is 0 Å². The van der Waals surface area contributed by atoms with E-state index in [4.69, 9.17) is 4.74 Å². The molecule has 0 spiro atoms. The third-order valence-electron chi connectivity index (χ3n) is 5.02. The van der Waals surface area contributed by atoms with E-state index in [9.17, 15) is 17.6 Å². The van der Waals surface area contributed by atoms with Crippen molar-refractivity contribution in [3.8, 4) is 5.75 Å². The highest BCUT2D eigenvalue weighted by Gasteiger charge is 2.24. The van der Waals surface area contributed by atoms with Gasteiger partial charge in [0.1, 0.15) is 4.90 Å². The van der Waals surface area contributed by atoms with Gasteiger partial charge in [-0.1, -0.05) is 18.2 Å². The number of benzene rings is 2. The summed E-state index contributed by atoms with van der Waals surface area (Å²) in [4.78, 5) is 20.2. The Hall–Kier alpha value is -3.59. The van der Waals surface area contributed by atoms with Crippen LogP contribution in [0.3, 0.4) is 0 Å². The largest absolute Gasteiger partial charge is 0.488 e. The highest BCUT2D eigenvalue weighted by molar-refractivity contribution is 7.91. The second-order valence-electron chi connectivity index (χ2n) is 7.78. The molecular formula is C24H22FN3O4S. The van der Waals surface area contributed by atoms with E-state index in [1.807, 2.05) is 0 Å². The number of halogens is 1. The average molecular weight is 468 g/mol. The maximum atomic E-state index is 14.8. The van der Waals surface area contributed by atoms with E-state index in [2.05, 4.69) is 9.97 Å². The molecule has 4 rings (SSSR count). The summed E-state index contributed by atoms with van der Waals surface area (Å²) >= 11 is 0. The van der Waals surface area contributed by atoms with Gasteiger partial charge in [0, 0.05) is 31.2 Å². The molecule has 0 amide bonds. The molecule has 2 aromatic heterocycles. The molecule has 7 nitrogen and oxygen atoms in total. The van der Waals surface area contributed by atoms with Crippen LogP contribution in [-0.2, 0) is 16.3 Å². The number of carbonyl (C=O) groups excluding carboxylic acids is 1. The fourth-order valence-electron chi connectivity index (χ4n) is 3.37. The number of rotatable bonds is 8. The fraction of sp³-hybridized carbons (Fsp3) is 0.208. The number of imidazole rings is 1. The molecule has 0 aliphatic carbocycles. The lowest BCUT2D eigenvalue weighted by molar-refractivity contribution is 0.0982. The van der Waals surface area contributed by atoms with Gasteiger partial charge in [-0.25, -0.2) is 22.8 Å². The second kappa shape index (κ2) is 9.11. The Morgan fingerprint density at radius 3 is 2.61 bits per heavy atom. The van der Waals surface area contributed by atoms with Crippen LogP contribution in [0.4, 0.5) is 4.39 Å². The van der Waals surface area contributed by atoms with Crippen LogP contribution >= 0.6 is 0 Å². The van der Waals surface area contributed by atoms with Crippen LogP contribution in [0.25, 0.3) is 5.78 Å². The number of hydrogen-bond donors (Lipinski definition) is 0. The normalized spacial score (nSPS) is 11.8. The molecular weight excluding hydrogens is 445 g/mol. The zero-order valence-electron chi connectivity index (χ0n) is 18.1. The van der Waals surface area contributed by atoms with Crippen molar-refractivity contribution < 1.29 is 22.3 Å². The number of aromatic nitrogens is 3. The van der Waals surface area contributed by atoms with Crippen LogP contribution in [0.5, 0.6) is 5.75 Å². The first kappa shape index (κ1) is 22.6. The Balaban J connectivity index is 1.48. The van der Waals surface area contributed by atoms with Gasteiger partial charge < -0.3 is 4.74 Å². The van der Waals surface area contributed by atoms with E-state index in [1.54, 1.807) is 49.0 Å². The fourth-order valence-corrected chi connectivity index (χ4v) is 4.71. The molecule has 0 aliphatic heterocycles. The molecule has 170 valence electrons. The monoisotopic (exact) mass is 467 g/mol. The molecule has 2 heterocycles. The van der Waals surface area contributed by atoms with Gasteiger partial charge in [-0.3, -0.25) is 9.20 Å². The molecule has 0 saturated heterocycles. The van der Waals surface area contributed by atoms with Crippen molar-refractivity contribution in [3.63, 3.8) is 0 Å². The van der Waals surface area contributed by atoms with Gasteiger partial charge in [0.15, 0.2) is 17.3 Å². The zero-order valence-corrected chi connectivity index (χ0v) is 18.9. The van der Waals surface area contributed by atoms with Gasteiger partial charge in [-0.2, -0.15) is 0 Å². The predicted molar refractivity (Wildman–Crippen MR) is 120 cm³/mol. The Morgan fingerprint density at radius 2 is 1.88 bits per heavy atom. The first-order valence-corrected chi connectivity index (χ1v) is 11.8. The number of ether oxygens (including phenoxy) is 1. The van der Waals surface area contributed by atoms with Crippen molar-refractivity contribution in [2.75, 3.05) is 0 Å². The molecule has 0 radical (unpaired) electrons. The number of aryl methyl sites for hydroxylation is 1. The van der Waals surface area contributed by atoms with Crippen molar-refractivity contribution in [1.82, 2.24) is 14.4 Å². The smallest absolute Gasteiger partial charge is 0.233 e. The molecule has 0 saturated carbocycles. The number of Topliss-reactive ketones (excluding diaryl/α,β-unsaturated/α-hetero) is 1. The van der Waals surface area contributed by atoms with E-state index in [1.165, 1.54) is 36.5 Å². The maximum absolute atomic E-state index is 14.8. The topological polar surface area (TPSA) is 90.6 Å². The van der Waals surface area contributed by atoms with Gasteiger partial charge in [0.05, 0.1) is 16.6 Å². The Labute approximate surface area is 190 Å². The number of carbonyl (C=O) groups is 1. The van der Waals surface area contributed by atoms with E-state index in [-0.39, 0.29) is 29.0 Å². The average Bonchev–Trinajstić information content (AvgIpc) is 3.26. The SMILES string of the molecule is CC(C)Oc1cccc(S(=O)(=O)c2ccc(CCC(=O)c3cnc4nccn4c3)cc2)c1F. The second-order valence-corrected chi connectivity index (χ2v) is 9.70. The quantitative estimate of drug-likeness (QED) is 0.359. The standard InChI is InChI=1S/C24H22FN3O4S/c1-16(2)32-21-4-3-5-22(23(21)25)33(30,31)19-9-6-17(7-10-19)8-11-20(29)18-14-27-24-26-12-13-28(24)15-18/h3-7,9-10,12-16H,8,11H2,1-2H3. The summed E-state index contributed by atoms with van der Waals surface area (Å²) in [6, 6.07) is 10.2. The van der Waals surface area contributed by atoms with Crippen molar-refractivity contribution >= 4 is 21.4 Å². The number of sulfone groups is 1. The lowest BCUT2D eigenvalue weighted by Crippen LogP contribution is -2.10. The van der Waals surface area contributed by atoms with Crippen molar-refractivity contribution in [3.05, 3.63) is 84.2 Å². The summed E-state index contributed by atoms with van der Waals surface area (Å²) in [6.07, 6.45) is 6.85. The Bertz CT molecular complexity index is 1410. The minimum Gasteiger partial charge on any atom is -0.488 e. The van der Waals surface area contributed by atoms with Crippen molar-refractivity contribution in [2.24, 2.45) is 0 Å².